The number of fused-ring (bicyclic) bond motifs is 1. The van der Waals surface area contributed by atoms with Crippen molar-refractivity contribution < 1.29 is 29.3 Å². The van der Waals surface area contributed by atoms with Crippen molar-refractivity contribution in [1.82, 2.24) is 5.32 Å². The third-order valence-corrected chi connectivity index (χ3v) is 2.92. The third-order valence-electron chi connectivity index (χ3n) is 2.92. The van der Waals surface area contributed by atoms with Gasteiger partial charge in [-0.15, -0.1) is 0 Å². The van der Waals surface area contributed by atoms with Gasteiger partial charge in [0.05, 0.1) is 6.61 Å². The van der Waals surface area contributed by atoms with Crippen molar-refractivity contribution >= 4 is 17.5 Å². The Kier molecular flexibility index (Phi) is 2.16. The normalized spacial score (nSPS) is 41.7. The Morgan fingerprint density at radius 2 is 2.12 bits per heavy atom. The first kappa shape index (κ1) is 11.2. The van der Waals surface area contributed by atoms with Gasteiger partial charge in [0.1, 0.15) is 0 Å². The molecule has 0 unspecified atom stereocenters. The van der Waals surface area contributed by atoms with Gasteiger partial charge in [-0.3, -0.25) is 14.4 Å². The highest BCUT2D eigenvalue weighted by atomic mass is 16.5. The van der Waals surface area contributed by atoms with Crippen LogP contribution in [0.25, 0.3) is 0 Å². The second kappa shape index (κ2) is 3.09. The zero-order chi connectivity index (χ0) is 12.1. The predicted molar refractivity (Wildman–Crippen MR) is 48.1 cm³/mol. The summed E-state index contributed by atoms with van der Waals surface area (Å²) in [6, 6.07) is 0. The smallest absolute Gasteiger partial charge is 0.265 e. The monoisotopic (exact) mass is 229 g/mol. The molecule has 7 nitrogen and oxygen atoms in total. The van der Waals surface area contributed by atoms with Crippen molar-refractivity contribution in [3.63, 3.8) is 0 Å². The number of nitrogens with one attached hydrogen (secondary N) is 1. The zero-order valence-electron chi connectivity index (χ0n) is 8.52. The highest BCUT2D eigenvalue weighted by Crippen LogP contribution is 2.37. The number of hydrogen-bond donors (Lipinski definition) is 3. The molecule has 16 heavy (non-hydrogen) atoms. The van der Waals surface area contributed by atoms with Crippen LogP contribution in [-0.4, -0.2) is 51.7 Å². The van der Waals surface area contributed by atoms with E-state index < -0.39 is 34.9 Å². The quantitative estimate of drug-likeness (QED) is 0.356. The van der Waals surface area contributed by atoms with E-state index in [0.717, 1.165) is 6.92 Å². The first-order valence-electron chi connectivity index (χ1n) is 4.76. The van der Waals surface area contributed by atoms with Crippen molar-refractivity contribution in [2.45, 2.75) is 30.8 Å². The molecule has 88 valence electrons. The topological polar surface area (TPSA) is 113 Å². The van der Waals surface area contributed by atoms with E-state index in [1.807, 2.05) is 0 Å². The van der Waals surface area contributed by atoms with E-state index in [4.69, 9.17) is 4.74 Å². The highest BCUT2D eigenvalue weighted by molar-refractivity contribution is 6.44. The van der Waals surface area contributed by atoms with Crippen molar-refractivity contribution in [2.24, 2.45) is 0 Å². The molecular weight excluding hydrogens is 218 g/mol. The summed E-state index contributed by atoms with van der Waals surface area (Å²) in [5.41, 5.74) is -4.38. The Morgan fingerprint density at radius 3 is 2.69 bits per heavy atom. The fourth-order valence-corrected chi connectivity index (χ4v) is 2.10. The molecule has 3 atom stereocenters. The van der Waals surface area contributed by atoms with E-state index in [-0.39, 0.29) is 13.0 Å². The number of aliphatic hydroxyl groups is 2. The van der Waals surface area contributed by atoms with Crippen molar-refractivity contribution in [3.8, 4) is 0 Å². The maximum absolute atomic E-state index is 11.5. The minimum absolute atomic E-state index is 0.0664. The van der Waals surface area contributed by atoms with Crippen molar-refractivity contribution in [1.29, 1.82) is 0 Å². The average Bonchev–Trinajstić information content (AvgIpc) is 2.64. The van der Waals surface area contributed by atoms with E-state index in [0.29, 0.717) is 0 Å². The molecule has 2 aliphatic rings. The Labute approximate surface area is 90.4 Å². The van der Waals surface area contributed by atoms with Gasteiger partial charge in [-0.05, 0) is 0 Å². The summed E-state index contributed by atoms with van der Waals surface area (Å²) in [4.78, 5) is 33.9. The number of carbonyl (C=O) groups excluding carboxylic acids is 3. The molecule has 2 saturated heterocycles. The average molecular weight is 229 g/mol. The highest BCUT2D eigenvalue weighted by Gasteiger charge is 2.69. The van der Waals surface area contributed by atoms with Crippen LogP contribution in [0.15, 0.2) is 0 Å². The number of carbonyl (C=O) groups is 3. The summed E-state index contributed by atoms with van der Waals surface area (Å²) in [7, 11) is 0. The molecular formula is C9H11NO6. The lowest BCUT2D eigenvalue weighted by Crippen LogP contribution is -2.56. The lowest BCUT2D eigenvalue weighted by molar-refractivity contribution is -0.166. The van der Waals surface area contributed by atoms with Crippen LogP contribution in [0.1, 0.15) is 13.3 Å². The summed E-state index contributed by atoms with van der Waals surface area (Å²) in [6.07, 6.45) is -1.36. The SMILES string of the molecule is CC(=O)C(=O)[C@]1(O)C(=O)N[C@@]2(O)CCO[C@@H]12. The second-order valence-electron chi connectivity index (χ2n) is 4.03. The van der Waals surface area contributed by atoms with Crippen LogP contribution in [0.5, 0.6) is 0 Å². The van der Waals surface area contributed by atoms with Crippen LogP contribution in [0, 0.1) is 0 Å². The first-order chi connectivity index (χ1) is 7.32. The van der Waals surface area contributed by atoms with Crippen LogP contribution in [-0.2, 0) is 19.1 Å². The lowest BCUT2D eigenvalue weighted by atomic mass is 9.88. The van der Waals surface area contributed by atoms with Crippen molar-refractivity contribution in [3.05, 3.63) is 0 Å². The van der Waals surface area contributed by atoms with Crippen LogP contribution in [0.4, 0.5) is 0 Å². The van der Waals surface area contributed by atoms with Crippen LogP contribution < -0.4 is 5.32 Å². The van der Waals surface area contributed by atoms with Gasteiger partial charge in [-0.2, -0.15) is 0 Å². The maximum Gasteiger partial charge on any atom is 0.265 e. The molecule has 0 saturated carbocycles. The maximum atomic E-state index is 11.5. The Hall–Kier alpha value is -1.31. The number of hydrogen-bond acceptors (Lipinski definition) is 6. The van der Waals surface area contributed by atoms with Gasteiger partial charge in [0.15, 0.2) is 17.6 Å². The van der Waals surface area contributed by atoms with Crippen molar-refractivity contribution in [2.75, 3.05) is 6.61 Å². The van der Waals surface area contributed by atoms with Crippen LogP contribution >= 0.6 is 0 Å². The fourth-order valence-electron chi connectivity index (χ4n) is 2.10. The Morgan fingerprint density at radius 1 is 1.50 bits per heavy atom. The molecule has 0 bridgehead atoms. The molecule has 0 spiro atoms. The Bertz CT molecular complexity index is 393. The number of ether oxygens (including phenoxy) is 1. The molecule has 2 aliphatic heterocycles. The van der Waals surface area contributed by atoms with Gasteiger partial charge < -0.3 is 20.3 Å². The molecule has 3 N–H and O–H groups in total. The molecule has 0 aromatic heterocycles. The van der Waals surface area contributed by atoms with Crippen LogP contribution in [0.3, 0.4) is 0 Å². The van der Waals surface area contributed by atoms with E-state index in [2.05, 4.69) is 5.32 Å². The number of Topliss-reactive ketones (excluding diaryl/α,β-unsaturated/α-hetero) is 2. The van der Waals surface area contributed by atoms with Crippen LogP contribution in [0.2, 0.25) is 0 Å². The lowest BCUT2D eigenvalue weighted by Gasteiger charge is -2.25. The second-order valence-corrected chi connectivity index (χ2v) is 4.03. The summed E-state index contributed by atoms with van der Waals surface area (Å²) in [5, 5.41) is 21.9. The number of ketones is 2. The minimum atomic E-state index is -2.61. The fraction of sp³-hybridized carbons (Fsp3) is 0.667. The molecule has 0 aliphatic carbocycles. The molecule has 0 radical (unpaired) electrons. The van der Waals surface area contributed by atoms with E-state index in [1.165, 1.54) is 0 Å². The number of rotatable bonds is 2. The molecule has 2 rings (SSSR count). The van der Waals surface area contributed by atoms with E-state index in [9.17, 15) is 24.6 Å². The molecule has 2 fully saturated rings. The minimum Gasteiger partial charge on any atom is -0.371 e. The van der Waals surface area contributed by atoms with Gasteiger partial charge in [-0.1, -0.05) is 0 Å². The van der Waals surface area contributed by atoms with E-state index >= 15 is 0 Å². The number of amides is 1. The summed E-state index contributed by atoms with van der Waals surface area (Å²) in [5.74, 6) is -3.33. The van der Waals surface area contributed by atoms with Gasteiger partial charge in [0.25, 0.3) is 5.91 Å². The van der Waals surface area contributed by atoms with E-state index in [1.54, 1.807) is 0 Å². The zero-order valence-corrected chi connectivity index (χ0v) is 8.52. The predicted octanol–water partition coefficient (Wildman–Crippen LogP) is -2.52. The summed E-state index contributed by atoms with van der Waals surface area (Å²) < 4.78 is 4.98. The largest absolute Gasteiger partial charge is 0.371 e. The molecule has 0 aromatic rings. The third kappa shape index (κ3) is 1.16. The molecule has 2 heterocycles. The van der Waals surface area contributed by atoms with Gasteiger partial charge in [0, 0.05) is 13.3 Å². The molecule has 0 aromatic carbocycles. The molecule has 1 amide bonds. The van der Waals surface area contributed by atoms with Gasteiger partial charge in [-0.25, -0.2) is 0 Å². The summed E-state index contributed by atoms with van der Waals surface area (Å²) in [6.45, 7) is 1.04. The first-order valence-corrected chi connectivity index (χ1v) is 4.76. The van der Waals surface area contributed by atoms with Gasteiger partial charge >= 0.3 is 0 Å². The Balaban J connectivity index is 2.44. The molecule has 7 heteroatoms. The van der Waals surface area contributed by atoms with Gasteiger partial charge in [0.2, 0.25) is 11.4 Å². The standard InChI is InChI=1S/C9H11NO6/c1-4(11)5(12)9(15)6-8(14,2-3-16-6)10-7(9)13/h6,14-15H,2-3H2,1H3,(H,10,13)/t6-,8-,9-/m1/s1. The summed E-state index contributed by atoms with van der Waals surface area (Å²) >= 11 is 0.